The van der Waals surface area contributed by atoms with Crippen molar-refractivity contribution < 1.29 is 19.5 Å². The number of carbonyl (C=O) groups is 2. The Morgan fingerprint density at radius 2 is 1.97 bits per heavy atom. The van der Waals surface area contributed by atoms with E-state index in [0.717, 1.165) is 80.4 Å². The van der Waals surface area contributed by atoms with Gasteiger partial charge in [-0.15, -0.1) is 0 Å². The second-order valence-electron chi connectivity index (χ2n) is 8.42. The molecule has 2 amide bonds. The molecule has 33 heavy (non-hydrogen) atoms. The molecule has 0 aliphatic carbocycles. The van der Waals surface area contributed by atoms with E-state index in [2.05, 4.69) is 29.6 Å². The zero-order valence-electron chi connectivity index (χ0n) is 19.2. The van der Waals surface area contributed by atoms with Crippen molar-refractivity contribution in [2.45, 2.75) is 44.9 Å². The summed E-state index contributed by atoms with van der Waals surface area (Å²) in [5.74, 6) is 0.789. The average molecular weight is 454 g/mol. The van der Waals surface area contributed by atoms with Gasteiger partial charge in [-0.2, -0.15) is 0 Å². The number of unbranched alkanes of at least 4 members (excludes halogenated alkanes) is 2. The third-order valence-corrected chi connectivity index (χ3v) is 5.88. The SMILES string of the molecule is O=C(CCCCC=C(CNCCCN1CCCC1=O)COc1cccc2ccccc12)NO. The minimum Gasteiger partial charge on any atom is -0.489 e. The topological polar surface area (TPSA) is 90.9 Å². The summed E-state index contributed by atoms with van der Waals surface area (Å²) >= 11 is 0. The molecule has 2 aromatic rings. The van der Waals surface area contributed by atoms with E-state index in [-0.39, 0.29) is 11.8 Å². The Bertz CT molecular complexity index is 939. The van der Waals surface area contributed by atoms with Crippen LogP contribution in [0.1, 0.15) is 44.9 Å². The van der Waals surface area contributed by atoms with Crippen molar-refractivity contribution in [3.8, 4) is 5.75 Å². The number of ether oxygens (including phenoxy) is 1. The van der Waals surface area contributed by atoms with Crippen molar-refractivity contribution >= 4 is 22.6 Å². The average Bonchev–Trinajstić information content (AvgIpc) is 3.25. The molecule has 1 heterocycles. The van der Waals surface area contributed by atoms with E-state index in [1.165, 1.54) is 0 Å². The lowest BCUT2D eigenvalue weighted by molar-refractivity contribution is -0.129. The Balaban J connectivity index is 1.49. The van der Waals surface area contributed by atoms with E-state index in [9.17, 15) is 9.59 Å². The molecule has 0 atom stereocenters. The van der Waals surface area contributed by atoms with Crippen molar-refractivity contribution in [1.82, 2.24) is 15.7 Å². The number of likely N-dealkylation sites (tertiary alicyclic amines) is 1. The molecule has 0 aromatic heterocycles. The lowest BCUT2D eigenvalue weighted by atomic mass is 10.1. The molecule has 3 rings (SSSR count). The molecular formula is C26H35N3O4. The first kappa shape index (κ1) is 24.7. The summed E-state index contributed by atoms with van der Waals surface area (Å²) in [4.78, 5) is 24.8. The Hall–Kier alpha value is -2.90. The number of amides is 2. The molecule has 0 spiro atoms. The highest BCUT2D eigenvalue weighted by Gasteiger charge is 2.18. The fourth-order valence-electron chi connectivity index (χ4n) is 4.05. The predicted molar refractivity (Wildman–Crippen MR) is 129 cm³/mol. The number of rotatable bonds is 14. The summed E-state index contributed by atoms with van der Waals surface area (Å²) in [7, 11) is 0. The lowest BCUT2D eigenvalue weighted by Crippen LogP contribution is -2.29. The van der Waals surface area contributed by atoms with Crippen LogP contribution >= 0.6 is 0 Å². The lowest BCUT2D eigenvalue weighted by Gasteiger charge is -2.16. The molecular weight excluding hydrogens is 418 g/mol. The number of nitrogens with zero attached hydrogens (tertiary/aromatic N) is 1. The first-order valence-electron chi connectivity index (χ1n) is 11.9. The van der Waals surface area contributed by atoms with Gasteiger partial charge in [-0.25, -0.2) is 5.48 Å². The summed E-state index contributed by atoms with van der Waals surface area (Å²) in [5.41, 5.74) is 2.83. The van der Waals surface area contributed by atoms with Crippen molar-refractivity contribution in [2.24, 2.45) is 0 Å². The highest BCUT2D eigenvalue weighted by molar-refractivity contribution is 5.88. The van der Waals surface area contributed by atoms with Gasteiger partial charge in [0, 0.05) is 37.9 Å². The van der Waals surface area contributed by atoms with E-state index in [4.69, 9.17) is 9.94 Å². The summed E-state index contributed by atoms with van der Waals surface area (Å²) in [6.07, 6.45) is 7.52. The van der Waals surface area contributed by atoms with E-state index in [0.29, 0.717) is 19.4 Å². The van der Waals surface area contributed by atoms with Gasteiger partial charge in [0.1, 0.15) is 12.4 Å². The Morgan fingerprint density at radius 3 is 2.79 bits per heavy atom. The van der Waals surface area contributed by atoms with Gasteiger partial charge in [-0.1, -0.05) is 42.5 Å². The maximum atomic E-state index is 11.7. The van der Waals surface area contributed by atoms with Crippen LogP contribution in [0.2, 0.25) is 0 Å². The molecule has 1 saturated heterocycles. The molecule has 178 valence electrons. The second-order valence-corrected chi connectivity index (χ2v) is 8.42. The molecule has 1 aliphatic rings. The van der Waals surface area contributed by atoms with Gasteiger partial charge >= 0.3 is 0 Å². The van der Waals surface area contributed by atoms with Crippen LogP contribution in [0.5, 0.6) is 5.75 Å². The smallest absolute Gasteiger partial charge is 0.243 e. The van der Waals surface area contributed by atoms with Crippen LogP contribution in [0, 0.1) is 0 Å². The van der Waals surface area contributed by atoms with Crippen molar-refractivity contribution in [3.05, 3.63) is 54.1 Å². The molecule has 0 radical (unpaired) electrons. The number of hydroxylamine groups is 1. The molecule has 1 fully saturated rings. The standard InChI is InChI=1S/C26H35N3O4/c30-25(28-32)14-3-1-2-9-21(19-27-16-8-18-29-17-7-15-26(29)31)20-33-24-13-6-11-22-10-4-5-12-23(22)24/h4-6,9-13,27,32H,1-3,7-8,14-20H2,(H,28,30). The minimum absolute atomic E-state index is 0.272. The molecule has 7 nitrogen and oxygen atoms in total. The van der Waals surface area contributed by atoms with Gasteiger partial charge < -0.3 is 15.0 Å². The van der Waals surface area contributed by atoms with Crippen LogP contribution in [0.3, 0.4) is 0 Å². The second kappa shape index (κ2) is 13.6. The zero-order chi connectivity index (χ0) is 23.3. The first-order valence-corrected chi connectivity index (χ1v) is 11.9. The van der Waals surface area contributed by atoms with Crippen LogP contribution in [-0.4, -0.2) is 54.7 Å². The van der Waals surface area contributed by atoms with Crippen LogP contribution in [0.4, 0.5) is 0 Å². The van der Waals surface area contributed by atoms with Crippen molar-refractivity contribution in [3.63, 3.8) is 0 Å². The normalized spacial score (nSPS) is 14.2. The van der Waals surface area contributed by atoms with Gasteiger partial charge in [0.2, 0.25) is 11.8 Å². The largest absolute Gasteiger partial charge is 0.489 e. The molecule has 7 heteroatoms. The van der Waals surface area contributed by atoms with Crippen LogP contribution < -0.4 is 15.5 Å². The summed E-state index contributed by atoms with van der Waals surface area (Å²) < 4.78 is 6.19. The van der Waals surface area contributed by atoms with Gasteiger partial charge in [0.05, 0.1) is 0 Å². The molecule has 1 aliphatic heterocycles. The fraction of sp³-hybridized carbons (Fsp3) is 0.462. The highest BCUT2D eigenvalue weighted by Crippen LogP contribution is 2.25. The zero-order valence-corrected chi connectivity index (χ0v) is 19.2. The summed E-state index contributed by atoms with van der Waals surface area (Å²) in [6.45, 7) is 3.74. The molecule has 0 bridgehead atoms. The van der Waals surface area contributed by atoms with Gasteiger partial charge in [0.15, 0.2) is 0 Å². The van der Waals surface area contributed by atoms with E-state index in [1.54, 1.807) is 5.48 Å². The van der Waals surface area contributed by atoms with Gasteiger partial charge in [-0.05, 0) is 55.7 Å². The Kier molecular flexibility index (Phi) is 10.2. The van der Waals surface area contributed by atoms with E-state index in [1.807, 2.05) is 29.2 Å². The number of benzene rings is 2. The monoisotopic (exact) mass is 453 g/mol. The number of hydrogen-bond donors (Lipinski definition) is 3. The third kappa shape index (κ3) is 8.18. The Labute approximate surface area is 195 Å². The van der Waals surface area contributed by atoms with E-state index < -0.39 is 0 Å². The number of nitrogens with one attached hydrogen (secondary N) is 2. The van der Waals surface area contributed by atoms with Crippen LogP contribution in [-0.2, 0) is 9.59 Å². The third-order valence-electron chi connectivity index (χ3n) is 5.88. The van der Waals surface area contributed by atoms with Crippen LogP contribution in [0.15, 0.2) is 54.1 Å². The summed E-state index contributed by atoms with van der Waals surface area (Å²) in [5, 5.41) is 14.3. The number of carbonyl (C=O) groups excluding carboxylic acids is 2. The molecule has 2 aromatic carbocycles. The first-order chi connectivity index (χ1) is 16.2. The fourth-order valence-corrected chi connectivity index (χ4v) is 4.05. The maximum Gasteiger partial charge on any atom is 0.243 e. The van der Waals surface area contributed by atoms with E-state index >= 15 is 0 Å². The van der Waals surface area contributed by atoms with Crippen molar-refractivity contribution in [1.29, 1.82) is 0 Å². The van der Waals surface area contributed by atoms with Gasteiger partial charge in [-0.3, -0.25) is 14.8 Å². The number of fused-ring (bicyclic) bond motifs is 1. The molecule has 3 N–H and O–H groups in total. The van der Waals surface area contributed by atoms with Gasteiger partial charge in [0.25, 0.3) is 0 Å². The van der Waals surface area contributed by atoms with Crippen LogP contribution in [0.25, 0.3) is 10.8 Å². The predicted octanol–water partition coefficient (Wildman–Crippen LogP) is 3.81. The number of hydrogen-bond acceptors (Lipinski definition) is 5. The van der Waals surface area contributed by atoms with Crippen molar-refractivity contribution in [2.75, 3.05) is 32.8 Å². The minimum atomic E-state index is -0.350. The molecule has 0 saturated carbocycles. The number of allylic oxidation sites excluding steroid dienone is 1. The maximum absolute atomic E-state index is 11.7. The summed E-state index contributed by atoms with van der Waals surface area (Å²) in [6, 6.07) is 14.3. The molecule has 0 unspecified atom stereocenters. The highest BCUT2D eigenvalue weighted by atomic mass is 16.5. The quantitative estimate of drug-likeness (QED) is 0.175. The Morgan fingerprint density at radius 1 is 1.12 bits per heavy atom.